The number of hydrazone groups is 1. The Kier molecular flexibility index (Phi) is 3.52. The fraction of sp³-hybridized carbons (Fsp3) is 0.182. The Balaban J connectivity index is 2.31. The maximum Gasteiger partial charge on any atom is 0.273 e. The van der Waals surface area contributed by atoms with Crippen LogP contribution < -0.4 is 16.1 Å². The summed E-state index contributed by atoms with van der Waals surface area (Å²) in [6.07, 6.45) is 0. The number of hydrogen-bond acceptors (Lipinski definition) is 5. The minimum atomic E-state index is -0.431. The van der Waals surface area contributed by atoms with Crippen LogP contribution in [0.1, 0.15) is 10.4 Å². The summed E-state index contributed by atoms with van der Waals surface area (Å²) in [6, 6.07) is 7.16. The smallest absolute Gasteiger partial charge is 0.273 e. The predicted octanol–water partition coefficient (Wildman–Crippen LogP) is 0.356. The van der Waals surface area contributed by atoms with Gasteiger partial charge in [-0.05, 0) is 12.1 Å². The Morgan fingerprint density at radius 2 is 2.22 bits per heavy atom. The lowest BCUT2D eigenvalue weighted by Crippen LogP contribution is -2.26. The van der Waals surface area contributed by atoms with Gasteiger partial charge in [0, 0.05) is 7.05 Å². The van der Waals surface area contributed by atoms with E-state index in [-0.39, 0.29) is 11.7 Å². The molecule has 0 atom stereocenters. The van der Waals surface area contributed by atoms with E-state index in [1.807, 2.05) is 12.1 Å². The van der Waals surface area contributed by atoms with Gasteiger partial charge in [-0.25, -0.2) is 5.43 Å². The molecule has 0 saturated heterocycles. The minimum Gasteiger partial charge on any atom is -0.369 e. The van der Waals surface area contributed by atoms with Crippen molar-refractivity contribution in [2.24, 2.45) is 10.8 Å². The Morgan fingerprint density at radius 3 is 2.94 bits per heavy atom. The van der Waals surface area contributed by atoms with Crippen LogP contribution in [0.4, 0.5) is 5.69 Å². The number of benzene rings is 1. The minimum absolute atomic E-state index is 0.112. The van der Waals surface area contributed by atoms with Gasteiger partial charge >= 0.3 is 0 Å². The highest BCUT2D eigenvalue weighted by molar-refractivity contribution is 8.14. The molecule has 0 bridgehead atoms. The Labute approximate surface area is 108 Å². The first kappa shape index (κ1) is 12.4. The SMILES string of the molecule is CN1C(SCC(N)=O)=NNC(=O)c2ccccc21. The van der Waals surface area contributed by atoms with Gasteiger partial charge in [-0.3, -0.25) is 9.59 Å². The fourth-order valence-corrected chi connectivity index (χ4v) is 2.23. The summed E-state index contributed by atoms with van der Waals surface area (Å²) in [5.74, 6) is -0.589. The summed E-state index contributed by atoms with van der Waals surface area (Å²) in [5.41, 5.74) is 8.81. The van der Waals surface area contributed by atoms with E-state index in [0.29, 0.717) is 10.7 Å². The van der Waals surface area contributed by atoms with Gasteiger partial charge in [0.25, 0.3) is 5.91 Å². The van der Waals surface area contributed by atoms with Crippen LogP contribution in [-0.4, -0.2) is 29.8 Å². The molecule has 0 radical (unpaired) electrons. The molecule has 94 valence electrons. The molecule has 1 aromatic rings. The number of hydrogen-bond donors (Lipinski definition) is 2. The molecule has 1 aromatic carbocycles. The van der Waals surface area contributed by atoms with Gasteiger partial charge < -0.3 is 10.6 Å². The van der Waals surface area contributed by atoms with Crippen molar-refractivity contribution in [3.8, 4) is 0 Å². The van der Waals surface area contributed by atoms with Crippen molar-refractivity contribution in [3.63, 3.8) is 0 Å². The van der Waals surface area contributed by atoms with Crippen molar-refractivity contribution in [1.82, 2.24) is 5.43 Å². The molecule has 7 heteroatoms. The monoisotopic (exact) mass is 264 g/mol. The van der Waals surface area contributed by atoms with Crippen LogP contribution in [0, 0.1) is 0 Å². The van der Waals surface area contributed by atoms with Gasteiger partial charge in [0.1, 0.15) is 0 Å². The van der Waals surface area contributed by atoms with Crippen molar-refractivity contribution in [2.75, 3.05) is 17.7 Å². The summed E-state index contributed by atoms with van der Waals surface area (Å²) in [6.45, 7) is 0. The highest BCUT2D eigenvalue weighted by Gasteiger charge is 2.21. The number of fused-ring (bicyclic) bond motifs is 1. The van der Waals surface area contributed by atoms with Crippen molar-refractivity contribution >= 4 is 34.4 Å². The molecular weight excluding hydrogens is 252 g/mol. The largest absolute Gasteiger partial charge is 0.369 e. The highest BCUT2D eigenvalue weighted by Crippen LogP contribution is 2.24. The lowest BCUT2D eigenvalue weighted by Gasteiger charge is -2.19. The normalized spacial score (nSPS) is 14.4. The van der Waals surface area contributed by atoms with Crippen LogP contribution in [0.3, 0.4) is 0 Å². The molecule has 2 amide bonds. The standard InChI is InChI=1S/C11H12N4O2S/c1-15-8-5-3-2-4-7(8)10(17)13-14-11(15)18-6-9(12)16/h2-5H,6H2,1H3,(H2,12,16)(H,13,17). The number of rotatable bonds is 2. The second kappa shape index (κ2) is 5.09. The van der Waals surface area contributed by atoms with E-state index < -0.39 is 5.91 Å². The van der Waals surface area contributed by atoms with Crippen LogP contribution in [0.5, 0.6) is 0 Å². The lowest BCUT2D eigenvalue weighted by atomic mass is 10.1. The predicted molar refractivity (Wildman–Crippen MR) is 71.4 cm³/mol. The molecular formula is C11H12N4O2S. The molecule has 1 aliphatic heterocycles. The maximum absolute atomic E-state index is 11.8. The summed E-state index contributed by atoms with van der Waals surface area (Å²) >= 11 is 1.18. The zero-order valence-electron chi connectivity index (χ0n) is 9.71. The van der Waals surface area contributed by atoms with Crippen LogP contribution >= 0.6 is 11.8 Å². The van der Waals surface area contributed by atoms with Gasteiger partial charge in [0.2, 0.25) is 5.91 Å². The first-order valence-corrected chi connectivity index (χ1v) is 6.20. The van der Waals surface area contributed by atoms with Crippen molar-refractivity contribution in [2.45, 2.75) is 0 Å². The quantitative estimate of drug-likeness (QED) is 0.807. The third-order valence-corrected chi connectivity index (χ3v) is 3.45. The van der Waals surface area contributed by atoms with E-state index in [1.165, 1.54) is 11.8 Å². The van der Waals surface area contributed by atoms with Crippen molar-refractivity contribution in [1.29, 1.82) is 0 Å². The van der Waals surface area contributed by atoms with E-state index >= 15 is 0 Å². The molecule has 0 fully saturated rings. The number of para-hydroxylation sites is 1. The van der Waals surface area contributed by atoms with Gasteiger partial charge in [0.05, 0.1) is 17.0 Å². The molecule has 6 nitrogen and oxygen atoms in total. The molecule has 1 heterocycles. The Hall–Kier alpha value is -2.02. The van der Waals surface area contributed by atoms with Crippen LogP contribution in [0.25, 0.3) is 0 Å². The fourth-order valence-electron chi connectivity index (χ4n) is 1.56. The van der Waals surface area contributed by atoms with Crippen LogP contribution in [0.2, 0.25) is 0 Å². The summed E-state index contributed by atoms with van der Waals surface area (Å²) in [7, 11) is 1.78. The Bertz CT molecular complexity index is 530. The van der Waals surface area contributed by atoms with Gasteiger partial charge in [-0.1, -0.05) is 23.9 Å². The van der Waals surface area contributed by atoms with Crippen LogP contribution in [0.15, 0.2) is 29.4 Å². The zero-order valence-corrected chi connectivity index (χ0v) is 10.5. The van der Waals surface area contributed by atoms with Crippen molar-refractivity contribution < 1.29 is 9.59 Å². The number of nitrogens with two attached hydrogens (primary N) is 1. The van der Waals surface area contributed by atoms with E-state index in [4.69, 9.17) is 5.73 Å². The van der Waals surface area contributed by atoms with Crippen LogP contribution in [-0.2, 0) is 4.79 Å². The van der Waals surface area contributed by atoms with Gasteiger partial charge in [-0.2, -0.15) is 0 Å². The number of primary amides is 1. The molecule has 3 N–H and O–H groups in total. The number of amidine groups is 1. The molecule has 0 unspecified atom stereocenters. The molecule has 0 aliphatic carbocycles. The average molecular weight is 264 g/mol. The van der Waals surface area contributed by atoms with E-state index in [1.54, 1.807) is 24.1 Å². The summed E-state index contributed by atoms with van der Waals surface area (Å²) in [4.78, 5) is 24.3. The molecule has 2 rings (SSSR count). The first-order chi connectivity index (χ1) is 8.59. The maximum atomic E-state index is 11.8. The second-order valence-electron chi connectivity index (χ2n) is 3.67. The van der Waals surface area contributed by atoms with Crippen molar-refractivity contribution in [3.05, 3.63) is 29.8 Å². The Morgan fingerprint density at radius 1 is 1.50 bits per heavy atom. The van der Waals surface area contributed by atoms with Gasteiger partial charge in [0.15, 0.2) is 5.17 Å². The zero-order chi connectivity index (χ0) is 13.1. The summed E-state index contributed by atoms with van der Waals surface area (Å²) < 4.78 is 0. The molecule has 0 aromatic heterocycles. The van der Waals surface area contributed by atoms with Gasteiger partial charge in [-0.15, -0.1) is 5.10 Å². The highest BCUT2D eigenvalue weighted by atomic mass is 32.2. The summed E-state index contributed by atoms with van der Waals surface area (Å²) in [5, 5.41) is 4.49. The second-order valence-corrected chi connectivity index (χ2v) is 4.61. The lowest BCUT2D eigenvalue weighted by molar-refractivity contribution is -0.115. The van der Waals surface area contributed by atoms with E-state index in [9.17, 15) is 9.59 Å². The number of nitrogens with one attached hydrogen (secondary N) is 1. The van der Waals surface area contributed by atoms with E-state index in [2.05, 4.69) is 10.5 Å². The molecule has 1 aliphatic rings. The number of carbonyl (C=O) groups is 2. The number of carbonyl (C=O) groups excluding carboxylic acids is 2. The first-order valence-electron chi connectivity index (χ1n) is 5.21. The number of amides is 2. The number of anilines is 1. The average Bonchev–Trinajstić information content (AvgIpc) is 2.48. The molecule has 0 spiro atoms. The third-order valence-electron chi connectivity index (χ3n) is 2.39. The number of thioether (sulfide) groups is 1. The molecule has 0 saturated carbocycles. The van der Waals surface area contributed by atoms with E-state index in [0.717, 1.165) is 5.69 Å². The topological polar surface area (TPSA) is 87.8 Å². The third kappa shape index (κ3) is 2.45. The molecule has 18 heavy (non-hydrogen) atoms. The number of nitrogens with zero attached hydrogens (tertiary/aromatic N) is 2.